The second kappa shape index (κ2) is 4.16. The highest BCUT2D eigenvalue weighted by Gasteiger charge is 2.28. The van der Waals surface area contributed by atoms with E-state index in [9.17, 15) is 4.79 Å². The van der Waals surface area contributed by atoms with Crippen LogP contribution in [-0.4, -0.2) is 31.1 Å². The van der Waals surface area contributed by atoms with Gasteiger partial charge in [-0.3, -0.25) is 15.2 Å². The van der Waals surface area contributed by atoms with E-state index in [1.54, 1.807) is 0 Å². The van der Waals surface area contributed by atoms with Gasteiger partial charge in [-0.1, -0.05) is 12.1 Å². The molecule has 2 heterocycles. The first-order chi connectivity index (χ1) is 9.79. The van der Waals surface area contributed by atoms with E-state index >= 15 is 0 Å². The molecule has 3 aromatic rings. The molecule has 7 heteroatoms. The van der Waals surface area contributed by atoms with Gasteiger partial charge in [0.05, 0.1) is 11.0 Å². The third-order valence-electron chi connectivity index (χ3n) is 3.29. The zero-order valence-corrected chi connectivity index (χ0v) is 10.6. The number of nitrogens with zero attached hydrogens (tertiary/aromatic N) is 3. The molecule has 20 heavy (non-hydrogen) atoms. The van der Waals surface area contributed by atoms with E-state index in [1.165, 1.54) is 0 Å². The molecule has 0 bridgehead atoms. The molecule has 0 radical (unpaired) electrons. The number of aromatic nitrogens is 5. The summed E-state index contributed by atoms with van der Waals surface area (Å²) in [6, 6.07) is 7.57. The molecule has 0 saturated heterocycles. The topological polar surface area (TPSA) is 99.4 Å². The van der Waals surface area contributed by atoms with Crippen molar-refractivity contribution in [3.8, 4) is 0 Å². The van der Waals surface area contributed by atoms with Crippen LogP contribution in [0.5, 0.6) is 0 Å². The highest BCUT2D eigenvalue weighted by Crippen LogP contribution is 2.37. The van der Waals surface area contributed by atoms with Crippen LogP contribution in [0.2, 0.25) is 0 Å². The van der Waals surface area contributed by atoms with E-state index in [0.29, 0.717) is 11.9 Å². The number of hydrogen-bond donors (Lipinski definition) is 3. The Morgan fingerprint density at radius 1 is 1.25 bits per heavy atom. The number of H-pyrrole nitrogens is 2. The van der Waals surface area contributed by atoms with Crippen molar-refractivity contribution in [2.24, 2.45) is 0 Å². The number of hydrogen-bond acceptors (Lipinski definition) is 4. The van der Waals surface area contributed by atoms with Gasteiger partial charge in [-0.25, -0.2) is 9.97 Å². The molecule has 100 valence electrons. The number of aromatic amines is 2. The number of anilines is 1. The number of benzene rings is 1. The van der Waals surface area contributed by atoms with Gasteiger partial charge in [-0.2, -0.15) is 0 Å². The normalized spacial score (nSPS) is 14.6. The first kappa shape index (κ1) is 11.2. The Bertz CT molecular complexity index is 752. The molecule has 0 spiro atoms. The summed E-state index contributed by atoms with van der Waals surface area (Å²) in [5, 5.41) is 9.42. The average molecular weight is 268 g/mol. The minimum Gasteiger partial charge on any atom is -0.324 e. The largest absolute Gasteiger partial charge is 0.324 e. The number of amides is 1. The quantitative estimate of drug-likeness (QED) is 0.674. The summed E-state index contributed by atoms with van der Waals surface area (Å²) >= 11 is 0. The van der Waals surface area contributed by atoms with Gasteiger partial charge in [0.25, 0.3) is 5.91 Å². The average Bonchev–Trinajstić information content (AvgIpc) is 3.03. The number of rotatable bonds is 3. The summed E-state index contributed by atoms with van der Waals surface area (Å²) in [6.45, 7) is 0. The van der Waals surface area contributed by atoms with Crippen molar-refractivity contribution in [2.45, 2.75) is 18.8 Å². The minimum absolute atomic E-state index is 0.146. The van der Waals surface area contributed by atoms with Crippen LogP contribution in [0.1, 0.15) is 35.2 Å². The van der Waals surface area contributed by atoms with Crippen LogP contribution in [-0.2, 0) is 0 Å². The molecule has 1 fully saturated rings. The summed E-state index contributed by atoms with van der Waals surface area (Å²) in [7, 11) is 0. The Kier molecular flexibility index (Phi) is 2.32. The van der Waals surface area contributed by atoms with Crippen LogP contribution >= 0.6 is 0 Å². The van der Waals surface area contributed by atoms with E-state index < -0.39 is 0 Å². The zero-order chi connectivity index (χ0) is 13.5. The van der Waals surface area contributed by atoms with Crippen LogP contribution in [0.3, 0.4) is 0 Å². The van der Waals surface area contributed by atoms with Crippen molar-refractivity contribution in [3.63, 3.8) is 0 Å². The van der Waals surface area contributed by atoms with E-state index in [2.05, 4.69) is 30.5 Å². The first-order valence-electron chi connectivity index (χ1n) is 6.48. The second-order valence-corrected chi connectivity index (χ2v) is 4.88. The number of nitrogens with one attached hydrogen (secondary N) is 3. The van der Waals surface area contributed by atoms with Crippen molar-refractivity contribution in [2.75, 3.05) is 5.32 Å². The van der Waals surface area contributed by atoms with Crippen LogP contribution in [0, 0.1) is 0 Å². The Balaban J connectivity index is 1.55. The Morgan fingerprint density at radius 2 is 2.10 bits per heavy atom. The molecule has 1 aliphatic carbocycles. The first-order valence-corrected chi connectivity index (χ1v) is 6.48. The minimum atomic E-state index is -0.368. The lowest BCUT2D eigenvalue weighted by atomic mass is 10.3. The smallest absolute Gasteiger partial charge is 0.297 e. The molecule has 1 saturated carbocycles. The van der Waals surface area contributed by atoms with E-state index in [-0.39, 0.29) is 11.7 Å². The summed E-state index contributed by atoms with van der Waals surface area (Å²) in [4.78, 5) is 23.5. The molecule has 2 aromatic heterocycles. The lowest BCUT2D eigenvalue weighted by Crippen LogP contribution is -2.14. The number of carbonyl (C=O) groups excluding carboxylic acids is 1. The SMILES string of the molecule is O=C(Nc1nc2ccccc2[nH]1)c1n[nH]c(C2CC2)n1. The van der Waals surface area contributed by atoms with Gasteiger partial charge in [-0.15, -0.1) is 5.10 Å². The molecular weight excluding hydrogens is 256 g/mol. The molecule has 0 unspecified atom stereocenters. The fourth-order valence-electron chi connectivity index (χ4n) is 2.09. The number of imidazole rings is 1. The third-order valence-corrected chi connectivity index (χ3v) is 3.29. The fraction of sp³-hybridized carbons (Fsp3) is 0.231. The van der Waals surface area contributed by atoms with E-state index in [1.807, 2.05) is 24.3 Å². The van der Waals surface area contributed by atoms with Gasteiger partial charge < -0.3 is 4.98 Å². The molecule has 1 aliphatic rings. The van der Waals surface area contributed by atoms with E-state index in [0.717, 1.165) is 29.7 Å². The Morgan fingerprint density at radius 3 is 2.90 bits per heavy atom. The predicted octanol–water partition coefficient (Wildman–Crippen LogP) is 1.81. The van der Waals surface area contributed by atoms with Gasteiger partial charge in [-0.05, 0) is 25.0 Å². The molecule has 0 aliphatic heterocycles. The van der Waals surface area contributed by atoms with Gasteiger partial charge in [0.15, 0.2) is 0 Å². The molecule has 4 rings (SSSR count). The lowest BCUT2D eigenvalue weighted by molar-refractivity contribution is 0.101. The van der Waals surface area contributed by atoms with Crippen molar-refractivity contribution >= 4 is 22.9 Å². The maximum atomic E-state index is 12.0. The molecule has 0 atom stereocenters. The van der Waals surface area contributed by atoms with Crippen LogP contribution in [0.15, 0.2) is 24.3 Å². The van der Waals surface area contributed by atoms with Gasteiger partial charge in [0.1, 0.15) is 5.82 Å². The van der Waals surface area contributed by atoms with Crippen molar-refractivity contribution < 1.29 is 4.79 Å². The zero-order valence-electron chi connectivity index (χ0n) is 10.6. The maximum absolute atomic E-state index is 12.0. The predicted molar refractivity (Wildman–Crippen MR) is 72.4 cm³/mol. The van der Waals surface area contributed by atoms with Crippen LogP contribution in [0.25, 0.3) is 11.0 Å². The Labute approximate surface area is 113 Å². The van der Waals surface area contributed by atoms with Gasteiger partial charge in [0.2, 0.25) is 11.8 Å². The Hall–Kier alpha value is -2.70. The highest BCUT2D eigenvalue weighted by atomic mass is 16.2. The van der Waals surface area contributed by atoms with Crippen LogP contribution < -0.4 is 5.32 Å². The maximum Gasteiger partial charge on any atom is 0.297 e. The number of fused-ring (bicyclic) bond motifs is 1. The van der Waals surface area contributed by atoms with Crippen molar-refractivity contribution in [1.29, 1.82) is 0 Å². The molecule has 1 amide bonds. The summed E-state index contributed by atoms with van der Waals surface area (Å²) in [5.41, 5.74) is 1.67. The molecular formula is C13H12N6O. The van der Waals surface area contributed by atoms with E-state index in [4.69, 9.17) is 0 Å². The van der Waals surface area contributed by atoms with Gasteiger partial charge in [0, 0.05) is 5.92 Å². The van der Waals surface area contributed by atoms with Gasteiger partial charge >= 0.3 is 0 Å². The standard InChI is InChI=1S/C13H12N6O/c20-12(11-16-10(18-19-11)7-5-6-7)17-13-14-8-3-1-2-4-9(8)15-13/h1-4,7H,5-6H2,(H,16,18,19)(H2,14,15,17,20). The highest BCUT2D eigenvalue weighted by molar-refractivity contribution is 6.01. The third kappa shape index (κ3) is 1.93. The number of para-hydroxylation sites is 2. The lowest BCUT2D eigenvalue weighted by Gasteiger charge is -1.96. The summed E-state index contributed by atoms with van der Waals surface area (Å²) < 4.78 is 0. The molecule has 3 N–H and O–H groups in total. The molecule has 7 nitrogen and oxygen atoms in total. The number of carbonyl (C=O) groups is 1. The second-order valence-electron chi connectivity index (χ2n) is 4.88. The monoisotopic (exact) mass is 268 g/mol. The van der Waals surface area contributed by atoms with Crippen molar-refractivity contribution in [1.82, 2.24) is 25.1 Å². The summed E-state index contributed by atoms with van der Waals surface area (Å²) in [6.07, 6.45) is 2.22. The fourth-order valence-corrected chi connectivity index (χ4v) is 2.09. The van der Waals surface area contributed by atoms with Crippen LogP contribution in [0.4, 0.5) is 5.95 Å². The van der Waals surface area contributed by atoms with Crippen molar-refractivity contribution in [3.05, 3.63) is 35.9 Å². The summed E-state index contributed by atoms with van der Waals surface area (Å²) in [5.74, 6) is 1.41. The molecule has 1 aromatic carbocycles.